The number of hydrogen-bond acceptors (Lipinski definition) is 5. The maximum Gasteiger partial charge on any atom is 0.331 e. The van der Waals surface area contributed by atoms with Crippen LogP contribution in [-0.4, -0.2) is 23.4 Å². The molecule has 27 heavy (non-hydrogen) atoms. The lowest BCUT2D eigenvalue weighted by atomic mass is 10.2. The summed E-state index contributed by atoms with van der Waals surface area (Å²) >= 11 is 17.5. The van der Waals surface area contributed by atoms with Crippen LogP contribution in [0.25, 0.3) is 6.08 Å². The number of benzene rings is 2. The summed E-state index contributed by atoms with van der Waals surface area (Å²) < 4.78 is 4.80. The number of nitro groups is 1. The first kappa shape index (κ1) is 20.7. The summed E-state index contributed by atoms with van der Waals surface area (Å²) in [6.45, 7) is -0.549. The minimum Gasteiger partial charge on any atom is -0.452 e. The van der Waals surface area contributed by atoms with E-state index in [1.165, 1.54) is 24.3 Å². The van der Waals surface area contributed by atoms with Crippen LogP contribution in [0.15, 0.2) is 42.5 Å². The smallest absolute Gasteiger partial charge is 0.331 e. The van der Waals surface area contributed by atoms with Crippen molar-refractivity contribution >= 4 is 64.1 Å². The monoisotopic (exact) mass is 428 g/mol. The lowest BCUT2D eigenvalue weighted by Gasteiger charge is -2.08. The molecule has 0 saturated carbocycles. The Morgan fingerprint density at radius 3 is 2.59 bits per heavy atom. The Bertz CT molecular complexity index is 931. The van der Waals surface area contributed by atoms with E-state index in [0.717, 1.165) is 6.08 Å². The molecule has 0 heterocycles. The summed E-state index contributed by atoms with van der Waals surface area (Å²) in [6.07, 6.45) is 2.34. The number of rotatable bonds is 6. The Kier molecular flexibility index (Phi) is 7.18. The van der Waals surface area contributed by atoms with Crippen molar-refractivity contribution in [2.24, 2.45) is 0 Å². The van der Waals surface area contributed by atoms with Crippen LogP contribution in [0.4, 0.5) is 11.4 Å². The number of carbonyl (C=O) groups is 2. The Balaban J connectivity index is 1.91. The largest absolute Gasteiger partial charge is 0.452 e. The summed E-state index contributed by atoms with van der Waals surface area (Å²) in [6, 6.07) is 8.75. The quantitative estimate of drug-likeness (QED) is 0.309. The van der Waals surface area contributed by atoms with Gasteiger partial charge < -0.3 is 10.1 Å². The molecule has 0 unspecified atom stereocenters. The van der Waals surface area contributed by atoms with Crippen LogP contribution in [0.1, 0.15) is 5.56 Å². The van der Waals surface area contributed by atoms with Gasteiger partial charge in [-0.05, 0) is 29.8 Å². The molecule has 0 aliphatic heterocycles. The van der Waals surface area contributed by atoms with Crippen molar-refractivity contribution in [2.75, 3.05) is 11.9 Å². The van der Waals surface area contributed by atoms with E-state index in [-0.39, 0.29) is 26.4 Å². The van der Waals surface area contributed by atoms with Gasteiger partial charge in [-0.2, -0.15) is 0 Å². The Morgan fingerprint density at radius 1 is 1.15 bits per heavy atom. The molecule has 0 aromatic heterocycles. The molecule has 2 rings (SSSR count). The van der Waals surface area contributed by atoms with Gasteiger partial charge in [0, 0.05) is 12.1 Å². The van der Waals surface area contributed by atoms with E-state index in [2.05, 4.69) is 5.32 Å². The van der Waals surface area contributed by atoms with Gasteiger partial charge in [0.25, 0.3) is 11.6 Å². The number of esters is 1. The molecule has 0 radical (unpaired) electrons. The fraction of sp³-hybridized carbons (Fsp3) is 0.0588. The summed E-state index contributed by atoms with van der Waals surface area (Å²) in [4.78, 5) is 33.7. The first-order valence-electron chi connectivity index (χ1n) is 7.30. The number of amides is 1. The highest BCUT2D eigenvalue weighted by molar-refractivity contribution is 6.44. The highest BCUT2D eigenvalue weighted by atomic mass is 35.5. The highest BCUT2D eigenvalue weighted by Gasteiger charge is 2.12. The lowest BCUT2D eigenvalue weighted by molar-refractivity contribution is -0.384. The second kappa shape index (κ2) is 9.36. The second-order valence-electron chi connectivity index (χ2n) is 5.06. The number of anilines is 1. The van der Waals surface area contributed by atoms with Crippen molar-refractivity contribution in [3.05, 3.63) is 73.2 Å². The standard InChI is InChI=1S/C17H11Cl3N2O5/c18-11-6-4-10(8-14(11)22(25)26)5-7-16(24)27-9-15(23)21-13-3-1-2-12(19)17(13)20/h1-8H,9H2,(H,21,23)/b7-5+. The van der Waals surface area contributed by atoms with Crippen molar-refractivity contribution in [3.8, 4) is 0 Å². The Labute approximate surface area is 168 Å². The topological polar surface area (TPSA) is 98.5 Å². The molecule has 2 aromatic rings. The number of nitrogens with one attached hydrogen (secondary N) is 1. The molecule has 7 nitrogen and oxygen atoms in total. The van der Waals surface area contributed by atoms with Gasteiger partial charge in [0.05, 0.1) is 20.7 Å². The van der Waals surface area contributed by atoms with Crippen LogP contribution >= 0.6 is 34.8 Å². The third kappa shape index (κ3) is 5.96. The zero-order chi connectivity index (χ0) is 20.0. The zero-order valence-electron chi connectivity index (χ0n) is 13.4. The molecule has 10 heteroatoms. The van der Waals surface area contributed by atoms with Crippen LogP contribution in [0.3, 0.4) is 0 Å². The Hall–Kier alpha value is -2.61. The Morgan fingerprint density at radius 2 is 1.89 bits per heavy atom. The molecular weight excluding hydrogens is 419 g/mol. The number of nitro benzene ring substituents is 1. The lowest BCUT2D eigenvalue weighted by Crippen LogP contribution is -2.20. The van der Waals surface area contributed by atoms with Gasteiger partial charge in [-0.15, -0.1) is 0 Å². The van der Waals surface area contributed by atoms with Crippen molar-refractivity contribution in [1.29, 1.82) is 0 Å². The van der Waals surface area contributed by atoms with E-state index < -0.39 is 23.4 Å². The van der Waals surface area contributed by atoms with Gasteiger partial charge in [-0.3, -0.25) is 14.9 Å². The molecule has 1 N–H and O–H groups in total. The van der Waals surface area contributed by atoms with Gasteiger partial charge in [0.15, 0.2) is 6.61 Å². The van der Waals surface area contributed by atoms with E-state index in [1.54, 1.807) is 18.2 Å². The van der Waals surface area contributed by atoms with E-state index in [4.69, 9.17) is 39.5 Å². The highest BCUT2D eigenvalue weighted by Crippen LogP contribution is 2.29. The molecule has 0 saturated heterocycles. The summed E-state index contributed by atoms with van der Waals surface area (Å²) in [5.41, 5.74) is 0.373. The predicted octanol–water partition coefficient (Wildman–Crippen LogP) is 4.75. The van der Waals surface area contributed by atoms with Crippen LogP contribution in [-0.2, 0) is 14.3 Å². The van der Waals surface area contributed by atoms with E-state index in [9.17, 15) is 19.7 Å². The third-order valence-electron chi connectivity index (χ3n) is 3.15. The molecule has 0 bridgehead atoms. The van der Waals surface area contributed by atoms with Crippen molar-refractivity contribution in [1.82, 2.24) is 0 Å². The molecule has 0 aliphatic rings. The molecule has 0 fully saturated rings. The van der Waals surface area contributed by atoms with Gasteiger partial charge in [-0.25, -0.2) is 4.79 Å². The first-order valence-corrected chi connectivity index (χ1v) is 8.44. The SMILES string of the molecule is O=C(COC(=O)/C=C/c1ccc(Cl)c([N+](=O)[O-])c1)Nc1cccc(Cl)c1Cl. The van der Waals surface area contributed by atoms with Gasteiger partial charge in [-0.1, -0.05) is 46.9 Å². The number of hydrogen-bond donors (Lipinski definition) is 1. The maximum atomic E-state index is 11.8. The van der Waals surface area contributed by atoms with Gasteiger partial charge in [0.1, 0.15) is 5.02 Å². The number of halogens is 3. The van der Waals surface area contributed by atoms with Crippen molar-refractivity contribution in [2.45, 2.75) is 0 Å². The van der Waals surface area contributed by atoms with E-state index in [0.29, 0.717) is 5.56 Å². The molecule has 2 aromatic carbocycles. The average molecular weight is 430 g/mol. The first-order chi connectivity index (χ1) is 12.8. The van der Waals surface area contributed by atoms with Crippen LogP contribution in [0.2, 0.25) is 15.1 Å². The van der Waals surface area contributed by atoms with E-state index in [1.807, 2.05) is 0 Å². The minimum atomic E-state index is -0.806. The molecular formula is C17H11Cl3N2O5. The zero-order valence-corrected chi connectivity index (χ0v) is 15.7. The number of nitrogens with zero attached hydrogens (tertiary/aromatic N) is 1. The van der Waals surface area contributed by atoms with Crippen molar-refractivity contribution in [3.63, 3.8) is 0 Å². The molecule has 140 valence electrons. The van der Waals surface area contributed by atoms with Crippen LogP contribution < -0.4 is 5.32 Å². The molecule has 0 spiro atoms. The van der Waals surface area contributed by atoms with E-state index >= 15 is 0 Å². The normalized spacial score (nSPS) is 10.6. The van der Waals surface area contributed by atoms with Crippen LogP contribution in [0, 0.1) is 10.1 Å². The average Bonchev–Trinajstić information content (AvgIpc) is 2.63. The number of carbonyl (C=O) groups excluding carboxylic acids is 2. The van der Waals surface area contributed by atoms with Crippen LogP contribution in [0.5, 0.6) is 0 Å². The van der Waals surface area contributed by atoms with Crippen molar-refractivity contribution < 1.29 is 19.2 Å². The maximum absolute atomic E-state index is 11.8. The fourth-order valence-electron chi connectivity index (χ4n) is 1.91. The molecule has 1 amide bonds. The van der Waals surface area contributed by atoms with Gasteiger partial charge >= 0.3 is 5.97 Å². The molecule has 0 atom stereocenters. The third-order valence-corrected chi connectivity index (χ3v) is 4.29. The summed E-state index contributed by atoms with van der Waals surface area (Å²) in [5, 5.41) is 13.7. The fourth-order valence-corrected chi connectivity index (χ4v) is 2.44. The molecule has 0 aliphatic carbocycles. The summed E-state index contributed by atoms with van der Waals surface area (Å²) in [5.74, 6) is -1.41. The predicted molar refractivity (Wildman–Crippen MR) is 103 cm³/mol. The summed E-state index contributed by atoms with van der Waals surface area (Å²) in [7, 11) is 0. The van der Waals surface area contributed by atoms with Gasteiger partial charge in [0.2, 0.25) is 0 Å². The number of ether oxygens (including phenoxy) is 1. The second-order valence-corrected chi connectivity index (χ2v) is 6.25. The minimum absolute atomic E-state index is 0.0175.